The number of carbonyl (C=O) groups excluding carboxylic acids is 1. The Balaban J connectivity index is 1.48. The van der Waals surface area contributed by atoms with Crippen molar-refractivity contribution in [3.63, 3.8) is 0 Å². The van der Waals surface area contributed by atoms with Crippen LogP contribution in [0.1, 0.15) is 66.2 Å². The van der Waals surface area contributed by atoms with Crippen LogP contribution in [0.2, 0.25) is 5.02 Å². The van der Waals surface area contributed by atoms with Gasteiger partial charge >= 0.3 is 0 Å². The van der Waals surface area contributed by atoms with Crippen LogP contribution >= 0.6 is 11.6 Å². The first-order valence-corrected chi connectivity index (χ1v) is 13.0. The molecule has 180 valence electrons. The lowest BCUT2D eigenvalue weighted by Gasteiger charge is -2.45. The Morgan fingerprint density at radius 1 is 1.21 bits per heavy atom. The van der Waals surface area contributed by atoms with Gasteiger partial charge in [0.25, 0.3) is 0 Å². The van der Waals surface area contributed by atoms with Crippen molar-refractivity contribution in [3.8, 4) is 0 Å². The summed E-state index contributed by atoms with van der Waals surface area (Å²) in [5.74, 6) is 1.47. The van der Waals surface area contributed by atoms with Crippen LogP contribution in [0.5, 0.6) is 0 Å². The van der Waals surface area contributed by atoms with E-state index in [1.165, 1.54) is 25.7 Å². The molecule has 2 fully saturated rings. The molecule has 6 nitrogen and oxygen atoms in total. The monoisotopic (exact) mass is 471 g/mol. The van der Waals surface area contributed by atoms with Crippen LogP contribution in [0.3, 0.4) is 0 Å². The number of halogens is 1. The van der Waals surface area contributed by atoms with Crippen molar-refractivity contribution >= 4 is 34.2 Å². The van der Waals surface area contributed by atoms with Crippen molar-refractivity contribution in [3.05, 3.63) is 29.5 Å². The molecule has 1 aliphatic heterocycles. The molecule has 0 spiro atoms. The second kappa shape index (κ2) is 10.6. The molecule has 2 aliphatic rings. The molecule has 1 aromatic heterocycles. The molecule has 7 heteroatoms. The quantitative estimate of drug-likeness (QED) is 0.561. The molecule has 1 aromatic carbocycles. The maximum atomic E-state index is 13.5. The zero-order chi connectivity index (χ0) is 23.5. The molecule has 1 aliphatic carbocycles. The molecule has 1 N–H and O–H groups in total. The zero-order valence-corrected chi connectivity index (χ0v) is 21.2. The SMILES string of the molecule is CCC[C@@H]1C[C@@H](N(CC)C(C)C)CC[C@@H]1N1CC[C@H](Nc2ncnc3ccc(Cl)cc23)C1=O. The van der Waals surface area contributed by atoms with Gasteiger partial charge < -0.3 is 10.2 Å². The highest BCUT2D eigenvalue weighted by molar-refractivity contribution is 6.31. The van der Waals surface area contributed by atoms with Gasteiger partial charge in [-0.25, -0.2) is 9.97 Å². The van der Waals surface area contributed by atoms with E-state index in [4.69, 9.17) is 11.6 Å². The van der Waals surface area contributed by atoms with Crippen LogP contribution < -0.4 is 5.32 Å². The Hall–Kier alpha value is -1.92. The molecule has 0 radical (unpaired) electrons. The summed E-state index contributed by atoms with van der Waals surface area (Å²) in [5.41, 5.74) is 0.825. The predicted octanol–water partition coefficient (Wildman–Crippen LogP) is 5.36. The van der Waals surface area contributed by atoms with Gasteiger partial charge in [0.2, 0.25) is 5.91 Å². The Morgan fingerprint density at radius 3 is 2.76 bits per heavy atom. The molecule has 33 heavy (non-hydrogen) atoms. The fraction of sp³-hybridized carbons (Fsp3) is 0.654. The fourth-order valence-electron chi connectivity index (χ4n) is 6.13. The molecular formula is C26H38ClN5O. The number of aromatic nitrogens is 2. The number of fused-ring (bicyclic) bond motifs is 1. The van der Waals surface area contributed by atoms with E-state index in [1.54, 1.807) is 6.33 Å². The highest BCUT2D eigenvalue weighted by Crippen LogP contribution is 2.37. The van der Waals surface area contributed by atoms with Gasteiger partial charge in [0.1, 0.15) is 18.2 Å². The topological polar surface area (TPSA) is 61.4 Å². The minimum absolute atomic E-state index is 0.213. The lowest BCUT2D eigenvalue weighted by atomic mass is 9.77. The Morgan fingerprint density at radius 2 is 2.03 bits per heavy atom. The molecule has 1 saturated carbocycles. The molecular weight excluding hydrogens is 434 g/mol. The molecule has 4 rings (SSSR count). The summed E-state index contributed by atoms with van der Waals surface area (Å²) in [6.07, 6.45) is 8.17. The minimum atomic E-state index is -0.245. The normalized spacial score (nSPS) is 26.0. The minimum Gasteiger partial charge on any atom is -0.358 e. The largest absolute Gasteiger partial charge is 0.358 e. The summed E-state index contributed by atoms with van der Waals surface area (Å²) in [5, 5.41) is 4.91. The van der Waals surface area contributed by atoms with Gasteiger partial charge in [-0.2, -0.15) is 0 Å². The van der Waals surface area contributed by atoms with Crippen molar-refractivity contribution in [2.75, 3.05) is 18.4 Å². The Bertz CT molecular complexity index is 967. The van der Waals surface area contributed by atoms with Crippen LogP contribution in [0.25, 0.3) is 10.9 Å². The number of carbonyl (C=O) groups is 1. The van der Waals surface area contributed by atoms with Gasteiger partial charge in [0.15, 0.2) is 0 Å². The van der Waals surface area contributed by atoms with Gasteiger partial charge in [0.05, 0.1) is 5.52 Å². The average Bonchev–Trinajstić information content (AvgIpc) is 3.15. The number of likely N-dealkylation sites (tertiary alicyclic amines) is 1. The van der Waals surface area contributed by atoms with E-state index in [9.17, 15) is 4.79 Å². The van der Waals surface area contributed by atoms with Crippen LogP contribution in [0.15, 0.2) is 24.5 Å². The number of anilines is 1. The lowest BCUT2D eigenvalue weighted by molar-refractivity contribution is -0.132. The van der Waals surface area contributed by atoms with Gasteiger partial charge in [-0.3, -0.25) is 9.69 Å². The van der Waals surface area contributed by atoms with E-state index in [-0.39, 0.29) is 11.9 Å². The summed E-state index contributed by atoms with van der Waals surface area (Å²) >= 11 is 6.21. The van der Waals surface area contributed by atoms with E-state index in [0.717, 1.165) is 36.8 Å². The summed E-state index contributed by atoms with van der Waals surface area (Å²) in [4.78, 5) is 27.1. The van der Waals surface area contributed by atoms with E-state index in [2.05, 4.69) is 52.8 Å². The van der Waals surface area contributed by atoms with Crippen LogP contribution in [0, 0.1) is 5.92 Å². The van der Waals surface area contributed by atoms with Crippen LogP contribution in [0.4, 0.5) is 5.82 Å². The van der Waals surface area contributed by atoms with Crippen molar-refractivity contribution < 1.29 is 4.79 Å². The number of hydrogen-bond acceptors (Lipinski definition) is 5. The van der Waals surface area contributed by atoms with Crippen LogP contribution in [-0.4, -0.2) is 62.9 Å². The lowest BCUT2D eigenvalue weighted by Crippen LogP contribution is -2.51. The smallest absolute Gasteiger partial charge is 0.245 e. The van der Waals surface area contributed by atoms with E-state index < -0.39 is 0 Å². The van der Waals surface area contributed by atoms with Gasteiger partial charge in [0, 0.05) is 35.1 Å². The zero-order valence-electron chi connectivity index (χ0n) is 20.4. The molecule has 2 aromatic rings. The van der Waals surface area contributed by atoms with E-state index >= 15 is 0 Å². The Labute approximate surface area is 203 Å². The summed E-state index contributed by atoms with van der Waals surface area (Å²) in [6.45, 7) is 11.0. The first-order valence-electron chi connectivity index (χ1n) is 12.7. The number of nitrogens with one attached hydrogen (secondary N) is 1. The summed E-state index contributed by atoms with van der Waals surface area (Å²) in [7, 11) is 0. The third kappa shape index (κ3) is 5.12. The molecule has 0 unspecified atom stereocenters. The number of nitrogens with zero attached hydrogens (tertiary/aromatic N) is 4. The van der Waals surface area contributed by atoms with E-state index in [1.807, 2.05) is 18.2 Å². The van der Waals surface area contributed by atoms with Gasteiger partial charge in [-0.15, -0.1) is 0 Å². The third-order valence-electron chi connectivity index (χ3n) is 7.62. The number of amides is 1. The highest BCUT2D eigenvalue weighted by atomic mass is 35.5. The molecule has 4 atom stereocenters. The molecule has 2 heterocycles. The fourth-order valence-corrected chi connectivity index (χ4v) is 6.31. The molecule has 1 amide bonds. The van der Waals surface area contributed by atoms with Crippen molar-refractivity contribution in [2.45, 2.75) is 90.4 Å². The second-order valence-corrected chi connectivity index (χ2v) is 10.3. The average molecular weight is 472 g/mol. The first-order chi connectivity index (χ1) is 15.9. The number of rotatable bonds is 8. The van der Waals surface area contributed by atoms with Crippen LogP contribution in [-0.2, 0) is 4.79 Å². The molecule has 1 saturated heterocycles. The third-order valence-corrected chi connectivity index (χ3v) is 7.86. The first kappa shape index (κ1) is 24.2. The number of benzene rings is 1. The maximum Gasteiger partial charge on any atom is 0.245 e. The van der Waals surface area contributed by atoms with Gasteiger partial charge in [-0.05, 0) is 76.6 Å². The maximum absolute atomic E-state index is 13.5. The van der Waals surface area contributed by atoms with Crippen molar-refractivity contribution in [1.29, 1.82) is 0 Å². The van der Waals surface area contributed by atoms with Crippen molar-refractivity contribution in [2.24, 2.45) is 5.92 Å². The second-order valence-electron chi connectivity index (χ2n) is 9.91. The van der Waals surface area contributed by atoms with Gasteiger partial charge in [-0.1, -0.05) is 31.9 Å². The standard InChI is InChI=1S/C26H38ClN5O/c1-5-7-18-14-20(31(6-2)17(3)4)9-11-24(18)32-13-12-23(26(32)33)30-25-21-15-19(27)8-10-22(21)28-16-29-25/h8,10,15-18,20,23-24H,5-7,9,11-14H2,1-4H3,(H,28,29,30)/t18-,20+,23+,24+/m1/s1. The number of hydrogen-bond donors (Lipinski definition) is 1. The van der Waals surface area contributed by atoms with Crippen molar-refractivity contribution in [1.82, 2.24) is 19.8 Å². The Kier molecular flexibility index (Phi) is 7.75. The predicted molar refractivity (Wildman–Crippen MR) is 136 cm³/mol. The van der Waals surface area contributed by atoms with E-state index in [0.29, 0.717) is 34.9 Å². The highest BCUT2D eigenvalue weighted by Gasteiger charge is 2.42. The molecule has 0 bridgehead atoms. The summed E-state index contributed by atoms with van der Waals surface area (Å²) in [6, 6.07) is 6.88. The summed E-state index contributed by atoms with van der Waals surface area (Å²) < 4.78 is 0.